The fourth-order valence-corrected chi connectivity index (χ4v) is 3.95. The summed E-state index contributed by atoms with van der Waals surface area (Å²) in [4.78, 5) is 0. The van der Waals surface area contributed by atoms with Gasteiger partial charge in [0.05, 0.1) is 0 Å². The lowest BCUT2D eigenvalue weighted by molar-refractivity contribution is -0.0961. The molecule has 0 spiro atoms. The summed E-state index contributed by atoms with van der Waals surface area (Å²) in [5, 5.41) is 22.6. The summed E-state index contributed by atoms with van der Waals surface area (Å²) in [5.74, 6) is 0.187. The van der Waals surface area contributed by atoms with Crippen LogP contribution in [0.25, 0.3) is 0 Å². The zero-order valence-electron chi connectivity index (χ0n) is 18.7. The predicted molar refractivity (Wildman–Crippen MR) is 125 cm³/mol. The number of benzene rings is 3. The van der Waals surface area contributed by atoms with Crippen LogP contribution in [0, 0.1) is 19.8 Å². The van der Waals surface area contributed by atoms with Gasteiger partial charge in [0.15, 0.2) is 5.72 Å². The fraction of sp³-hybridized carbons (Fsp3) is 0.333. The van der Waals surface area contributed by atoms with Gasteiger partial charge in [-0.1, -0.05) is 84.8 Å². The Labute approximate surface area is 185 Å². The number of aliphatic hydroxyl groups excluding tert-OH is 1. The molecule has 3 aromatic rings. The Bertz CT molecular complexity index is 922. The summed E-state index contributed by atoms with van der Waals surface area (Å²) >= 11 is 0. The molecule has 3 rings (SSSR count). The lowest BCUT2D eigenvalue weighted by Crippen LogP contribution is -2.60. The molecule has 0 bridgehead atoms. The lowest BCUT2D eigenvalue weighted by atomic mass is 9.75. The monoisotopic (exact) mass is 419 g/mol. The highest BCUT2D eigenvalue weighted by Crippen LogP contribution is 2.39. The molecule has 3 atom stereocenters. The Morgan fingerprint density at radius 2 is 1.26 bits per heavy atom. The molecule has 4 N–H and O–H groups in total. The first kappa shape index (κ1) is 23.0. The van der Waals surface area contributed by atoms with Crippen molar-refractivity contribution in [3.8, 4) is 5.75 Å². The molecule has 31 heavy (non-hydrogen) atoms. The molecule has 0 amide bonds. The quantitative estimate of drug-likeness (QED) is 0.464. The van der Waals surface area contributed by atoms with E-state index in [-0.39, 0.29) is 12.3 Å². The number of nitrogens with two attached hydrogens (primary N) is 1. The second-order valence-electron chi connectivity index (χ2n) is 8.64. The summed E-state index contributed by atoms with van der Waals surface area (Å²) in [6.07, 6.45) is -0.684. The predicted octanol–water partition coefficient (Wildman–Crippen LogP) is 4.68. The number of hydrogen-bond acceptors (Lipinski definition) is 4. The smallest absolute Gasteiger partial charge is 0.186 e. The highest BCUT2D eigenvalue weighted by atomic mass is 16.5. The number of aliphatic hydroxyl groups is 2. The van der Waals surface area contributed by atoms with E-state index in [9.17, 15) is 10.2 Å². The number of ether oxygens (including phenoxy) is 1. The third-order valence-corrected chi connectivity index (χ3v) is 6.12. The molecule has 0 heterocycles. The van der Waals surface area contributed by atoms with Crippen molar-refractivity contribution in [2.24, 2.45) is 11.7 Å². The van der Waals surface area contributed by atoms with Crippen LogP contribution in [-0.4, -0.2) is 22.0 Å². The summed E-state index contributed by atoms with van der Waals surface area (Å²) in [5.41, 5.74) is 7.76. The Kier molecular flexibility index (Phi) is 6.85. The van der Waals surface area contributed by atoms with Crippen molar-refractivity contribution < 1.29 is 14.9 Å². The molecule has 0 fully saturated rings. The van der Waals surface area contributed by atoms with Gasteiger partial charge >= 0.3 is 0 Å². The van der Waals surface area contributed by atoms with E-state index in [4.69, 9.17) is 10.5 Å². The van der Waals surface area contributed by atoms with Gasteiger partial charge < -0.3 is 14.9 Å². The van der Waals surface area contributed by atoms with Gasteiger partial charge in [-0.2, -0.15) is 0 Å². The topological polar surface area (TPSA) is 75.7 Å². The van der Waals surface area contributed by atoms with Gasteiger partial charge in [-0.15, -0.1) is 0 Å². The molecule has 3 aromatic carbocycles. The third kappa shape index (κ3) is 4.99. The first-order chi connectivity index (χ1) is 14.6. The van der Waals surface area contributed by atoms with Crippen LogP contribution in [0.4, 0.5) is 0 Å². The van der Waals surface area contributed by atoms with E-state index in [2.05, 4.69) is 0 Å². The van der Waals surface area contributed by atoms with Gasteiger partial charge in [-0.05, 0) is 50.5 Å². The van der Waals surface area contributed by atoms with Crippen LogP contribution in [0.1, 0.15) is 42.5 Å². The maximum Gasteiger partial charge on any atom is 0.186 e. The highest BCUT2D eigenvalue weighted by Gasteiger charge is 2.45. The molecule has 4 heteroatoms. The van der Waals surface area contributed by atoms with Crippen molar-refractivity contribution in [3.05, 3.63) is 101 Å². The molecule has 0 aliphatic heterocycles. The average molecular weight is 420 g/mol. The molecule has 2 unspecified atom stereocenters. The molecule has 0 saturated carbocycles. The lowest BCUT2D eigenvalue weighted by Gasteiger charge is -2.42. The Hall–Kier alpha value is -2.66. The zero-order chi connectivity index (χ0) is 22.6. The molecule has 164 valence electrons. The van der Waals surface area contributed by atoms with Crippen molar-refractivity contribution >= 4 is 0 Å². The fourth-order valence-electron chi connectivity index (χ4n) is 3.95. The maximum absolute atomic E-state index is 12.0. The number of rotatable bonds is 8. The van der Waals surface area contributed by atoms with E-state index in [0.29, 0.717) is 5.75 Å². The SMILES string of the molecule is Cc1ccc(C(O)(C[C@@H](C)C(N)(Oc2ccccc2)C(C)O)c2ccc(C)cc2)cc1. The van der Waals surface area contributed by atoms with Gasteiger partial charge in [-0.25, -0.2) is 0 Å². The molecular formula is C27H33NO3. The summed E-state index contributed by atoms with van der Waals surface area (Å²) in [6, 6.07) is 25.0. The average Bonchev–Trinajstić information content (AvgIpc) is 2.75. The van der Waals surface area contributed by atoms with Crippen LogP contribution in [-0.2, 0) is 5.60 Å². The Morgan fingerprint density at radius 1 is 0.806 bits per heavy atom. The summed E-state index contributed by atoms with van der Waals surface area (Å²) < 4.78 is 6.10. The van der Waals surface area contributed by atoms with Crippen molar-refractivity contribution in [2.45, 2.75) is 51.5 Å². The first-order valence-corrected chi connectivity index (χ1v) is 10.7. The summed E-state index contributed by atoms with van der Waals surface area (Å²) in [6.45, 7) is 7.56. The van der Waals surface area contributed by atoms with Crippen LogP contribution in [0.5, 0.6) is 5.75 Å². The van der Waals surface area contributed by atoms with Crippen LogP contribution in [0.2, 0.25) is 0 Å². The minimum Gasteiger partial charge on any atom is -0.470 e. The van der Waals surface area contributed by atoms with Gasteiger partial charge in [0.2, 0.25) is 0 Å². The normalized spacial score (nSPS) is 15.7. The number of hydrogen-bond donors (Lipinski definition) is 3. The molecule has 0 aromatic heterocycles. The number of aryl methyl sites for hydroxylation is 2. The van der Waals surface area contributed by atoms with Crippen LogP contribution >= 0.6 is 0 Å². The van der Waals surface area contributed by atoms with E-state index in [1.807, 2.05) is 99.6 Å². The highest BCUT2D eigenvalue weighted by molar-refractivity contribution is 5.38. The first-order valence-electron chi connectivity index (χ1n) is 10.7. The largest absolute Gasteiger partial charge is 0.470 e. The Morgan fingerprint density at radius 3 is 1.68 bits per heavy atom. The second-order valence-corrected chi connectivity index (χ2v) is 8.64. The molecule has 4 nitrogen and oxygen atoms in total. The third-order valence-electron chi connectivity index (χ3n) is 6.12. The van der Waals surface area contributed by atoms with E-state index >= 15 is 0 Å². The van der Waals surface area contributed by atoms with Gasteiger partial charge in [-0.3, -0.25) is 5.73 Å². The molecule has 0 saturated heterocycles. The van der Waals surface area contributed by atoms with Crippen molar-refractivity contribution in [1.82, 2.24) is 0 Å². The van der Waals surface area contributed by atoms with E-state index < -0.39 is 17.4 Å². The molecule has 0 radical (unpaired) electrons. The summed E-state index contributed by atoms with van der Waals surface area (Å²) in [7, 11) is 0. The number of para-hydroxylation sites is 1. The van der Waals surface area contributed by atoms with Crippen LogP contribution in [0.3, 0.4) is 0 Å². The molecule has 0 aliphatic carbocycles. The van der Waals surface area contributed by atoms with E-state index in [1.165, 1.54) is 0 Å². The van der Waals surface area contributed by atoms with Crippen LogP contribution < -0.4 is 10.5 Å². The van der Waals surface area contributed by atoms with E-state index in [1.54, 1.807) is 6.92 Å². The minimum absolute atomic E-state index is 0.271. The Balaban J connectivity index is 2.00. The molecular weight excluding hydrogens is 386 g/mol. The standard InChI is InChI=1S/C27H33NO3/c1-19-10-14-23(15-11-19)26(30,24-16-12-20(2)13-17-24)18-21(3)27(28,22(4)29)31-25-8-6-5-7-9-25/h5-17,21-22,29-30H,18,28H2,1-4H3/t21-,22?,27?/m1/s1. The zero-order valence-corrected chi connectivity index (χ0v) is 18.7. The van der Waals surface area contributed by atoms with Gasteiger partial charge in [0.1, 0.15) is 17.5 Å². The van der Waals surface area contributed by atoms with Crippen molar-refractivity contribution in [1.29, 1.82) is 0 Å². The van der Waals surface area contributed by atoms with Crippen LogP contribution in [0.15, 0.2) is 78.9 Å². The van der Waals surface area contributed by atoms with Crippen molar-refractivity contribution in [2.75, 3.05) is 0 Å². The molecule has 0 aliphatic rings. The van der Waals surface area contributed by atoms with Gasteiger partial charge in [0, 0.05) is 5.92 Å². The van der Waals surface area contributed by atoms with E-state index in [0.717, 1.165) is 22.3 Å². The minimum atomic E-state index is -1.38. The van der Waals surface area contributed by atoms with Crippen molar-refractivity contribution in [3.63, 3.8) is 0 Å². The van der Waals surface area contributed by atoms with Gasteiger partial charge in [0.25, 0.3) is 0 Å². The maximum atomic E-state index is 12.0. The second kappa shape index (κ2) is 9.23.